The van der Waals surface area contributed by atoms with Gasteiger partial charge in [0.15, 0.2) is 0 Å². The maximum atomic E-state index is 12.0. The van der Waals surface area contributed by atoms with Gasteiger partial charge in [0.1, 0.15) is 0 Å². The highest BCUT2D eigenvalue weighted by Gasteiger charge is 2.26. The normalized spacial score (nSPS) is 16.9. The maximum absolute atomic E-state index is 12.0. The number of carbonyl (C=O) groups excluding carboxylic acids is 1. The van der Waals surface area contributed by atoms with Crippen molar-refractivity contribution in [3.05, 3.63) is 29.3 Å². The third kappa shape index (κ3) is 4.53. The molecule has 0 radical (unpaired) electrons. The minimum absolute atomic E-state index is 0.0109. The molecule has 7 heteroatoms. The van der Waals surface area contributed by atoms with E-state index < -0.39 is 6.09 Å². The lowest BCUT2D eigenvalue weighted by Gasteiger charge is -2.33. The Labute approximate surface area is 134 Å². The molecule has 120 valence electrons. The summed E-state index contributed by atoms with van der Waals surface area (Å²) in [6.07, 6.45) is 0.642. The first-order valence-electron chi connectivity index (χ1n) is 7.26. The second kappa shape index (κ2) is 7.35. The van der Waals surface area contributed by atoms with Gasteiger partial charge in [-0.1, -0.05) is 11.6 Å². The second-order valence-corrected chi connectivity index (χ2v) is 5.94. The summed E-state index contributed by atoms with van der Waals surface area (Å²) in [5, 5.41) is 15.2. The van der Waals surface area contributed by atoms with Crippen LogP contribution >= 0.6 is 11.6 Å². The number of anilines is 1. The number of likely N-dealkylation sites (tertiary alicyclic amines) is 1. The van der Waals surface area contributed by atoms with Gasteiger partial charge in [-0.15, -0.1) is 0 Å². The first-order chi connectivity index (χ1) is 10.5. The molecule has 1 aliphatic heterocycles. The maximum Gasteiger partial charge on any atom is 0.407 e. The standard InChI is InChI=1S/C15H20ClN3O3/c1-10(11-6-8-19(9-7-11)15(21)22)17-14(20)18-13-4-2-12(16)3-5-13/h2-5,10-11H,6-9H2,1H3,(H,21,22)(H2,17,18,20). The summed E-state index contributed by atoms with van der Waals surface area (Å²) >= 11 is 5.79. The SMILES string of the molecule is CC(NC(=O)Nc1ccc(Cl)cc1)C1CCN(C(=O)O)CC1. The molecule has 0 spiro atoms. The van der Waals surface area contributed by atoms with Crippen molar-refractivity contribution in [3.63, 3.8) is 0 Å². The van der Waals surface area contributed by atoms with Crippen LogP contribution in [0.15, 0.2) is 24.3 Å². The molecular formula is C15H20ClN3O3. The smallest absolute Gasteiger partial charge is 0.407 e. The van der Waals surface area contributed by atoms with Crippen molar-refractivity contribution >= 4 is 29.4 Å². The van der Waals surface area contributed by atoms with Crippen molar-refractivity contribution in [2.75, 3.05) is 18.4 Å². The molecule has 1 aromatic rings. The van der Waals surface area contributed by atoms with Crippen molar-refractivity contribution in [1.82, 2.24) is 10.2 Å². The fraction of sp³-hybridized carbons (Fsp3) is 0.467. The molecule has 0 bridgehead atoms. The Morgan fingerprint density at radius 3 is 2.41 bits per heavy atom. The molecule has 3 N–H and O–H groups in total. The third-order valence-corrected chi connectivity index (χ3v) is 4.23. The summed E-state index contributed by atoms with van der Waals surface area (Å²) in [6, 6.07) is 6.61. The van der Waals surface area contributed by atoms with Crippen LogP contribution in [0.25, 0.3) is 0 Å². The summed E-state index contributed by atoms with van der Waals surface area (Å²) in [4.78, 5) is 24.2. The van der Waals surface area contributed by atoms with Crippen molar-refractivity contribution in [2.45, 2.75) is 25.8 Å². The lowest BCUT2D eigenvalue weighted by Crippen LogP contribution is -2.46. The molecule has 1 saturated heterocycles. The van der Waals surface area contributed by atoms with Gasteiger partial charge in [-0.2, -0.15) is 0 Å². The Bertz CT molecular complexity index is 527. The van der Waals surface area contributed by atoms with Gasteiger partial charge in [-0.05, 0) is 49.9 Å². The molecule has 22 heavy (non-hydrogen) atoms. The number of piperidine rings is 1. The Morgan fingerprint density at radius 1 is 1.27 bits per heavy atom. The number of benzene rings is 1. The number of carbonyl (C=O) groups is 2. The number of halogens is 1. The second-order valence-electron chi connectivity index (χ2n) is 5.50. The largest absolute Gasteiger partial charge is 0.465 e. The Morgan fingerprint density at radius 2 is 1.86 bits per heavy atom. The minimum Gasteiger partial charge on any atom is -0.465 e. The molecule has 6 nitrogen and oxygen atoms in total. The lowest BCUT2D eigenvalue weighted by atomic mass is 9.90. The van der Waals surface area contributed by atoms with Gasteiger partial charge in [0, 0.05) is 29.8 Å². The van der Waals surface area contributed by atoms with E-state index in [0.717, 1.165) is 12.8 Å². The summed E-state index contributed by atoms with van der Waals surface area (Å²) in [7, 11) is 0. The van der Waals surface area contributed by atoms with Crippen LogP contribution in [-0.2, 0) is 0 Å². The van der Waals surface area contributed by atoms with Gasteiger partial charge in [0.25, 0.3) is 0 Å². The first kappa shape index (κ1) is 16.4. The zero-order valence-electron chi connectivity index (χ0n) is 12.4. The van der Waals surface area contributed by atoms with Crippen molar-refractivity contribution in [2.24, 2.45) is 5.92 Å². The van der Waals surface area contributed by atoms with Crippen molar-refractivity contribution in [1.29, 1.82) is 0 Å². The van der Waals surface area contributed by atoms with Gasteiger partial charge >= 0.3 is 12.1 Å². The highest BCUT2D eigenvalue weighted by atomic mass is 35.5. The third-order valence-electron chi connectivity index (χ3n) is 3.98. The zero-order valence-corrected chi connectivity index (χ0v) is 13.1. The van der Waals surface area contributed by atoms with Crippen molar-refractivity contribution in [3.8, 4) is 0 Å². The number of nitrogens with zero attached hydrogens (tertiary/aromatic N) is 1. The van der Waals surface area contributed by atoms with E-state index >= 15 is 0 Å². The first-order valence-corrected chi connectivity index (χ1v) is 7.64. The van der Waals surface area contributed by atoms with E-state index in [1.807, 2.05) is 6.92 Å². The Kier molecular flexibility index (Phi) is 5.49. The molecule has 0 saturated carbocycles. The molecular weight excluding hydrogens is 306 g/mol. The van der Waals surface area contributed by atoms with Gasteiger partial charge in [-0.3, -0.25) is 0 Å². The van der Waals surface area contributed by atoms with E-state index in [-0.39, 0.29) is 18.0 Å². The number of nitrogens with one attached hydrogen (secondary N) is 2. The van der Waals surface area contributed by atoms with Crippen LogP contribution in [-0.4, -0.2) is 41.3 Å². The van der Waals surface area contributed by atoms with Crippen LogP contribution in [0.4, 0.5) is 15.3 Å². The molecule has 0 aromatic heterocycles. The number of urea groups is 1. The van der Waals surface area contributed by atoms with Crippen LogP contribution in [0, 0.1) is 5.92 Å². The van der Waals surface area contributed by atoms with Gasteiger partial charge in [0.05, 0.1) is 0 Å². The average Bonchev–Trinajstić information content (AvgIpc) is 2.49. The van der Waals surface area contributed by atoms with Gasteiger partial charge in [-0.25, -0.2) is 9.59 Å². The number of hydrogen-bond donors (Lipinski definition) is 3. The van der Waals surface area contributed by atoms with Crippen LogP contribution in [0.3, 0.4) is 0 Å². The molecule has 0 aliphatic carbocycles. The van der Waals surface area contributed by atoms with Crippen LogP contribution in [0.2, 0.25) is 5.02 Å². The van der Waals surface area contributed by atoms with Crippen molar-refractivity contribution < 1.29 is 14.7 Å². The van der Waals surface area contributed by atoms with E-state index in [1.165, 1.54) is 4.90 Å². The van der Waals surface area contributed by atoms with E-state index in [2.05, 4.69) is 10.6 Å². The Hall–Kier alpha value is -1.95. The molecule has 1 aliphatic rings. The summed E-state index contributed by atoms with van der Waals surface area (Å²) < 4.78 is 0. The molecule has 1 atom stereocenters. The number of carboxylic acid groups (broad SMARTS) is 1. The number of amides is 3. The molecule has 3 amide bonds. The highest BCUT2D eigenvalue weighted by molar-refractivity contribution is 6.30. The summed E-state index contributed by atoms with van der Waals surface area (Å²) in [5.74, 6) is 0.284. The van der Waals surface area contributed by atoms with E-state index in [0.29, 0.717) is 23.8 Å². The van der Waals surface area contributed by atoms with Gasteiger partial charge < -0.3 is 20.6 Å². The fourth-order valence-electron chi connectivity index (χ4n) is 2.62. The summed E-state index contributed by atoms with van der Waals surface area (Å²) in [6.45, 7) is 2.98. The molecule has 2 rings (SSSR count). The molecule has 1 heterocycles. The fourth-order valence-corrected chi connectivity index (χ4v) is 2.74. The van der Waals surface area contributed by atoms with Gasteiger partial charge in [0.2, 0.25) is 0 Å². The highest BCUT2D eigenvalue weighted by Crippen LogP contribution is 2.21. The van der Waals surface area contributed by atoms with E-state index in [9.17, 15) is 9.59 Å². The monoisotopic (exact) mass is 325 g/mol. The lowest BCUT2D eigenvalue weighted by molar-refractivity contribution is 0.119. The number of hydrogen-bond acceptors (Lipinski definition) is 2. The van der Waals surface area contributed by atoms with E-state index in [4.69, 9.17) is 16.7 Å². The topological polar surface area (TPSA) is 81.7 Å². The average molecular weight is 326 g/mol. The Balaban J connectivity index is 1.79. The summed E-state index contributed by atoms with van der Waals surface area (Å²) in [5.41, 5.74) is 0.676. The quantitative estimate of drug-likeness (QED) is 0.798. The molecule has 1 aromatic carbocycles. The predicted molar refractivity (Wildman–Crippen MR) is 85.4 cm³/mol. The van der Waals surface area contributed by atoms with Crippen LogP contribution in [0.1, 0.15) is 19.8 Å². The molecule has 1 unspecified atom stereocenters. The zero-order chi connectivity index (χ0) is 16.1. The van der Waals surface area contributed by atoms with E-state index in [1.54, 1.807) is 24.3 Å². The minimum atomic E-state index is -0.875. The predicted octanol–water partition coefficient (Wildman–Crippen LogP) is 3.24. The molecule has 1 fully saturated rings. The number of rotatable bonds is 3. The van der Waals surface area contributed by atoms with Crippen LogP contribution < -0.4 is 10.6 Å². The van der Waals surface area contributed by atoms with Crippen LogP contribution in [0.5, 0.6) is 0 Å².